The number of hydrazone groups is 1. The van der Waals surface area contributed by atoms with Crippen LogP contribution < -0.4 is 10.7 Å². The van der Waals surface area contributed by atoms with Crippen LogP contribution in [0.4, 0.5) is 0 Å². The lowest BCUT2D eigenvalue weighted by molar-refractivity contribution is -0.127. The molecule has 0 aromatic heterocycles. The van der Waals surface area contributed by atoms with Crippen LogP contribution in [0.5, 0.6) is 0 Å². The van der Waals surface area contributed by atoms with Crippen molar-refractivity contribution >= 4 is 17.8 Å². The first kappa shape index (κ1) is 15.1. The van der Waals surface area contributed by atoms with Crippen LogP contribution in [0.25, 0.3) is 0 Å². The van der Waals surface area contributed by atoms with Crippen LogP contribution in [0.3, 0.4) is 0 Å². The molecule has 0 radical (unpaired) electrons. The van der Waals surface area contributed by atoms with Gasteiger partial charge < -0.3 is 0 Å². The molecule has 0 aliphatic carbocycles. The second-order valence-corrected chi connectivity index (χ2v) is 4.98. The summed E-state index contributed by atoms with van der Waals surface area (Å²) in [6.07, 6.45) is 8.06. The average molecular weight is 290 g/mol. The van der Waals surface area contributed by atoms with Crippen molar-refractivity contribution in [2.24, 2.45) is 15.3 Å². The van der Waals surface area contributed by atoms with E-state index in [2.05, 4.69) is 32.0 Å². The van der Waals surface area contributed by atoms with E-state index >= 15 is 0 Å². The van der Waals surface area contributed by atoms with Gasteiger partial charge in [-0.2, -0.15) is 5.11 Å². The number of carbonyl (C=O) groups is 2. The Hall–Kier alpha value is -2.27. The van der Waals surface area contributed by atoms with E-state index in [-0.39, 0.29) is 23.8 Å². The molecule has 8 nitrogen and oxygen atoms in total. The molecule has 0 aromatic rings. The third-order valence-corrected chi connectivity index (χ3v) is 3.42. The third-order valence-electron chi connectivity index (χ3n) is 3.42. The fraction of sp³-hybridized carbons (Fsp3) is 0.615. The highest BCUT2D eigenvalue weighted by molar-refractivity contribution is 6.01. The highest BCUT2D eigenvalue weighted by Gasteiger charge is 2.28. The van der Waals surface area contributed by atoms with E-state index in [1.807, 2.05) is 4.90 Å². The normalized spacial score (nSPS) is 28.0. The van der Waals surface area contributed by atoms with Crippen LogP contribution in [0.15, 0.2) is 15.3 Å². The molecular weight excluding hydrogens is 272 g/mol. The van der Waals surface area contributed by atoms with E-state index in [0.29, 0.717) is 6.54 Å². The summed E-state index contributed by atoms with van der Waals surface area (Å²) in [6, 6.07) is -0.835. The fourth-order valence-corrected chi connectivity index (χ4v) is 2.26. The van der Waals surface area contributed by atoms with Gasteiger partial charge in [-0.05, 0) is 26.3 Å². The van der Waals surface area contributed by atoms with Crippen LogP contribution >= 0.6 is 0 Å². The van der Waals surface area contributed by atoms with Gasteiger partial charge in [0.15, 0.2) is 0 Å². The van der Waals surface area contributed by atoms with Crippen LogP contribution in [0.2, 0.25) is 0 Å². The second kappa shape index (κ2) is 6.95. The molecule has 2 unspecified atom stereocenters. The third kappa shape index (κ3) is 3.86. The van der Waals surface area contributed by atoms with Crippen LogP contribution in [-0.2, 0) is 9.59 Å². The Morgan fingerprint density at radius 1 is 1.62 bits per heavy atom. The first-order valence-electron chi connectivity index (χ1n) is 6.88. The second-order valence-electron chi connectivity index (χ2n) is 4.98. The predicted octanol–water partition coefficient (Wildman–Crippen LogP) is -0.168. The van der Waals surface area contributed by atoms with E-state index in [1.165, 1.54) is 0 Å². The zero-order valence-corrected chi connectivity index (χ0v) is 11.9. The van der Waals surface area contributed by atoms with Gasteiger partial charge in [0.05, 0.1) is 12.6 Å². The predicted molar refractivity (Wildman–Crippen MR) is 76.1 cm³/mol. The topological polar surface area (TPSA) is 98.5 Å². The number of terminal acetylenes is 1. The van der Waals surface area contributed by atoms with Crippen molar-refractivity contribution < 1.29 is 9.59 Å². The quantitative estimate of drug-likeness (QED) is 0.557. The minimum Gasteiger partial charge on any atom is -0.290 e. The van der Waals surface area contributed by atoms with Crippen molar-refractivity contribution in [3.05, 3.63) is 0 Å². The summed E-state index contributed by atoms with van der Waals surface area (Å²) in [7, 11) is 0. The molecule has 21 heavy (non-hydrogen) atoms. The summed E-state index contributed by atoms with van der Waals surface area (Å²) < 4.78 is 0. The molecule has 2 atom stereocenters. The SMILES string of the molecule is C#CCN1CCCCC1C(=O)NN=C1N=NC(C)C(=O)N1. The van der Waals surface area contributed by atoms with Crippen molar-refractivity contribution in [3.63, 3.8) is 0 Å². The molecule has 0 saturated carbocycles. The number of hydrogen-bond acceptors (Lipinski definition) is 5. The van der Waals surface area contributed by atoms with Gasteiger partial charge in [-0.15, -0.1) is 16.6 Å². The average Bonchev–Trinajstić information content (AvgIpc) is 2.49. The van der Waals surface area contributed by atoms with E-state index in [4.69, 9.17) is 6.42 Å². The lowest BCUT2D eigenvalue weighted by Gasteiger charge is -2.32. The Labute approximate surface area is 123 Å². The molecule has 2 heterocycles. The summed E-state index contributed by atoms with van der Waals surface area (Å²) in [5, 5.41) is 13.7. The molecule has 2 amide bonds. The summed E-state index contributed by atoms with van der Waals surface area (Å²) in [5.74, 6) is 2.00. The molecule has 1 fully saturated rings. The number of amides is 2. The Kier molecular flexibility index (Phi) is 5.00. The van der Waals surface area contributed by atoms with Gasteiger partial charge in [-0.25, -0.2) is 5.43 Å². The molecule has 8 heteroatoms. The molecule has 0 aromatic carbocycles. The first-order valence-corrected chi connectivity index (χ1v) is 6.88. The zero-order valence-electron chi connectivity index (χ0n) is 11.9. The summed E-state index contributed by atoms with van der Waals surface area (Å²) in [5.41, 5.74) is 2.42. The van der Waals surface area contributed by atoms with Crippen molar-refractivity contribution in [2.75, 3.05) is 13.1 Å². The lowest BCUT2D eigenvalue weighted by atomic mass is 10.0. The Balaban J connectivity index is 1.96. The summed E-state index contributed by atoms with van der Waals surface area (Å²) in [4.78, 5) is 25.5. The van der Waals surface area contributed by atoms with E-state index < -0.39 is 6.04 Å². The summed E-state index contributed by atoms with van der Waals surface area (Å²) >= 11 is 0. The number of hydrogen-bond donors (Lipinski definition) is 2. The number of guanidine groups is 1. The van der Waals surface area contributed by atoms with Crippen LogP contribution in [0.1, 0.15) is 26.2 Å². The molecule has 2 rings (SSSR count). The van der Waals surface area contributed by atoms with Crippen molar-refractivity contribution in [2.45, 2.75) is 38.3 Å². The summed E-state index contributed by atoms with van der Waals surface area (Å²) in [6.45, 7) is 2.85. The lowest BCUT2D eigenvalue weighted by Crippen LogP contribution is -2.49. The van der Waals surface area contributed by atoms with Crippen LogP contribution in [0, 0.1) is 12.3 Å². The van der Waals surface area contributed by atoms with Crippen molar-refractivity contribution in [1.29, 1.82) is 0 Å². The molecule has 2 aliphatic rings. The fourth-order valence-electron chi connectivity index (χ4n) is 2.26. The maximum atomic E-state index is 12.2. The molecule has 0 bridgehead atoms. The molecule has 2 aliphatic heterocycles. The number of nitrogens with zero attached hydrogens (tertiary/aromatic N) is 4. The molecule has 2 N–H and O–H groups in total. The minimum absolute atomic E-state index is 0.00856. The standard InChI is InChI=1S/C13H18N6O2/c1-3-7-19-8-5-4-6-10(19)12(21)16-18-13-14-11(20)9(2)15-17-13/h1,9-10H,4-8H2,2H3,(H,16,21)(H,14,18,20). The zero-order chi connectivity index (χ0) is 15.2. The largest absolute Gasteiger partial charge is 0.290 e. The maximum absolute atomic E-state index is 12.2. The molecular formula is C13H18N6O2. The van der Waals surface area contributed by atoms with Gasteiger partial charge in [-0.1, -0.05) is 12.3 Å². The number of piperidine rings is 1. The number of azo groups is 1. The van der Waals surface area contributed by atoms with E-state index in [9.17, 15) is 9.59 Å². The minimum atomic E-state index is -0.538. The smallest absolute Gasteiger partial charge is 0.265 e. The van der Waals surface area contributed by atoms with Gasteiger partial charge >= 0.3 is 0 Å². The van der Waals surface area contributed by atoms with Gasteiger partial charge in [0.25, 0.3) is 17.8 Å². The van der Waals surface area contributed by atoms with Crippen LogP contribution in [-0.4, -0.2) is 47.8 Å². The molecule has 112 valence electrons. The van der Waals surface area contributed by atoms with Gasteiger partial charge in [0, 0.05) is 0 Å². The van der Waals surface area contributed by atoms with Crippen molar-refractivity contribution in [3.8, 4) is 12.3 Å². The number of likely N-dealkylation sites (tertiary alicyclic amines) is 1. The number of nitrogens with one attached hydrogen (secondary N) is 2. The first-order chi connectivity index (χ1) is 10.1. The maximum Gasteiger partial charge on any atom is 0.265 e. The highest BCUT2D eigenvalue weighted by Crippen LogP contribution is 2.16. The molecule has 0 spiro atoms. The van der Waals surface area contributed by atoms with Gasteiger partial charge in [0.1, 0.15) is 6.04 Å². The van der Waals surface area contributed by atoms with Crippen molar-refractivity contribution in [1.82, 2.24) is 15.6 Å². The van der Waals surface area contributed by atoms with Gasteiger partial charge in [-0.3, -0.25) is 19.8 Å². The monoisotopic (exact) mass is 290 g/mol. The Bertz CT molecular complexity index is 521. The Morgan fingerprint density at radius 2 is 2.43 bits per heavy atom. The van der Waals surface area contributed by atoms with E-state index in [0.717, 1.165) is 25.8 Å². The van der Waals surface area contributed by atoms with E-state index in [1.54, 1.807) is 6.92 Å². The van der Waals surface area contributed by atoms with Gasteiger partial charge in [0.2, 0.25) is 0 Å². The highest BCUT2D eigenvalue weighted by atomic mass is 16.2. The molecule has 1 saturated heterocycles. The number of rotatable bonds is 3. The Morgan fingerprint density at radius 3 is 3.14 bits per heavy atom. The number of carbonyl (C=O) groups excluding carboxylic acids is 2.